The number of carbonyl (C=O) groups is 2. The number of primary amides is 2. The van der Waals surface area contributed by atoms with Gasteiger partial charge in [-0.05, 0) is 55.2 Å². The number of benzene rings is 1. The molecule has 3 amide bonds. The molecule has 1 radical (unpaired) electrons. The van der Waals surface area contributed by atoms with Gasteiger partial charge in [-0.25, -0.2) is 4.79 Å². The molecule has 2 aromatic rings. The van der Waals surface area contributed by atoms with Crippen LogP contribution in [0.2, 0.25) is 0 Å². The van der Waals surface area contributed by atoms with Crippen LogP contribution >= 0.6 is 11.3 Å². The normalized spacial score (nSPS) is 14.5. The molecule has 1 aliphatic carbocycles. The highest BCUT2D eigenvalue weighted by Crippen LogP contribution is 2.36. The Labute approximate surface area is 143 Å². The first-order valence-corrected chi connectivity index (χ1v) is 8.45. The summed E-state index contributed by atoms with van der Waals surface area (Å²) < 4.78 is 5.89. The zero-order valence-corrected chi connectivity index (χ0v) is 13.8. The second-order valence-corrected chi connectivity index (χ2v) is 6.61. The average Bonchev–Trinajstić information content (AvgIpc) is 3.17. The summed E-state index contributed by atoms with van der Waals surface area (Å²) in [5, 5.41) is 2.78. The molecular weight excluding hydrogens is 326 g/mol. The minimum atomic E-state index is -0.734. The largest absolute Gasteiger partial charge is 0.490 e. The smallest absolute Gasteiger partial charge is 0.317 e. The zero-order chi connectivity index (χ0) is 17.1. The van der Waals surface area contributed by atoms with Crippen molar-refractivity contribution in [3.63, 3.8) is 0 Å². The van der Waals surface area contributed by atoms with Gasteiger partial charge in [0.2, 0.25) is 0 Å². The molecule has 7 heteroatoms. The monoisotopic (exact) mass is 344 g/mol. The second kappa shape index (κ2) is 6.92. The van der Waals surface area contributed by atoms with Crippen molar-refractivity contribution in [1.29, 1.82) is 0 Å². The quantitative estimate of drug-likeness (QED) is 0.775. The van der Waals surface area contributed by atoms with E-state index in [4.69, 9.17) is 16.2 Å². The van der Waals surface area contributed by atoms with Gasteiger partial charge in [0.1, 0.15) is 16.9 Å². The number of rotatable bonds is 5. The molecular formula is C17H18N3O3S. The van der Waals surface area contributed by atoms with Crippen LogP contribution < -0.4 is 21.5 Å². The molecule has 1 heterocycles. The first kappa shape index (κ1) is 16.3. The third-order valence-electron chi connectivity index (χ3n) is 3.78. The Morgan fingerprint density at radius 3 is 2.54 bits per heavy atom. The van der Waals surface area contributed by atoms with Gasteiger partial charge >= 0.3 is 6.03 Å². The summed E-state index contributed by atoms with van der Waals surface area (Å²) in [5.41, 5.74) is 11.6. The number of ether oxygens (including phenoxy) is 1. The topological polar surface area (TPSA) is 107 Å². The Morgan fingerprint density at radius 1 is 1.21 bits per heavy atom. The zero-order valence-electron chi connectivity index (χ0n) is 13.0. The molecule has 0 bridgehead atoms. The Bertz CT molecular complexity index is 749. The number of amides is 3. The summed E-state index contributed by atoms with van der Waals surface area (Å²) in [5.74, 6) is 0.196. The van der Waals surface area contributed by atoms with E-state index in [9.17, 15) is 9.59 Å². The highest BCUT2D eigenvalue weighted by atomic mass is 32.1. The van der Waals surface area contributed by atoms with Crippen molar-refractivity contribution in [3.05, 3.63) is 42.3 Å². The van der Waals surface area contributed by atoms with Crippen LogP contribution in [0.1, 0.15) is 29.6 Å². The number of hydrogen-bond acceptors (Lipinski definition) is 4. The lowest BCUT2D eigenvalue weighted by Crippen LogP contribution is -2.21. The molecule has 0 aliphatic heterocycles. The van der Waals surface area contributed by atoms with Crippen LogP contribution in [0.5, 0.6) is 5.75 Å². The standard InChI is InChI=1S/C17H18N3O3S/c18-15(21)13-9-14(24-16(13)20-17(19)22)10-5-7-12(8-6-10)23-11-3-1-2-4-11/h3,5-9,11H,1-2,4H2,(H2,18,21)(H3,19,20,22). The van der Waals surface area contributed by atoms with Crippen LogP contribution in [0, 0.1) is 6.42 Å². The van der Waals surface area contributed by atoms with Crippen molar-refractivity contribution >= 4 is 28.3 Å². The summed E-state index contributed by atoms with van der Waals surface area (Å²) in [6.45, 7) is 0. The Balaban J connectivity index is 1.80. The summed E-state index contributed by atoms with van der Waals surface area (Å²) in [6.07, 6.45) is 5.70. The fourth-order valence-corrected chi connectivity index (χ4v) is 3.71. The van der Waals surface area contributed by atoms with E-state index in [1.807, 2.05) is 24.3 Å². The summed E-state index contributed by atoms with van der Waals surface area (Å²) in [6, 6.07) is 8.53. The number of carbonyl (C=O) groups excluding carboxylic acids is 2. The Hall–Kier alpha value is -2.54. The van der Waals surface area contributed by atoms with Crippen LogP contribution in [0.3, 0.4) is 0 Å². The van der Waals surface area contributed by atoms with Crippen LogP contribution in [-0.2, 0) is 0 Å². The molecule has 125 valence electrons. The van der Waals surface area contributed by atoms with Crippen LogP contribution in [-0.4, -0.2) is 18.0 Å². The molecule has 6 nitrogen and oxygen atoms in total. The van der Waals surface area contributed by atoms with E-state index in [0.717, 1.165) is 29.0 Å². The number of nitrogens with two attached hydrogens (primary N) is 2. The fourth-order valence-electron chi connectivity index (χ4n) is 2.64. The summed E-state index contributed by atoms with van der Waals surface area (Å²) in [4.78, 5) is 23.4. The van der Waals surface area contributed by atoms with Gasteiger partial charge in [0.05, 0.1) is 5.56 Å². The molecule has 1 aromatic carbocycles. The molecule has 1 aromatic heterocycles. The third kappa shape index (κ3) is 3.68. The number of hydrogen-bond donors (Lipinski definition) is 3. The van der Waals surface area contributed by atoms with Gasteiger partial charge in [-0.3, -0.25) is 10.1 Å². The van der Waals surface area contributed by atoms with Crippen LogP contribution in [0.25, 0.3) is 10.4 Å². The third-order valence-corrected chi connectivity index (χ3v) is 4.88. The first-order valence-electron chi connectivity index (χ1n) is 7.63. The maximum Gasteiger partial charge on any atom is 0.317 e. The van der Waals surface area contributed by atoms with Crippen LogP contribution in [0.4, 0.5) is 9.80 Å². The average molecular weight is 344 g/mol. The van der Waals surface area contributed by atoms with E-state index in [2.05, 4.69) is 11.7 Å². The highest BCUT2D eigenvalue weighted by Gasteiger charge is 2.18. The van der Waals surface area contributed by atoms with Gasteiger partial charge in [0.15, 0.2) is 0 Å². The second-order valence-electron chi connectivity index (χ2n) is 5.55. The van der Waals surface area contributed by atoms with E-state index >= 15 is 0 Å². The number of anilines is 1. The van der Waals surface area contributed by atoms with E-state index in [1.165, 1.54) is 17.8 Å². The Morgan fingerprint density at radius 2 is 1.96 bits per heavy atom. The maximum atomic E-state index is 11.5. The van der Waals surface area contributed by atoms with E-state index in [0.29, 0.717) is 5.00 Å². The lowest BCUT2D eigenvalue weighted by Gasteiger charge is -2.12. The van der Waals surface area contributed by atoms with Gasteiger partial charge in [0.25, 0.3) is 5.91 Å². The Kier molecular flexibility index (Phi) is 4.71. The predicted molar refractivity (Wildman–Crippen MR) is 94.0 cm³/mol. The predicted octanol–water partition coefficient (Wildman–Crippen LogP) is 3.14. The van der Waals surface area contributed by atoms with Crippen molar-refractivity contribution in [2.24, 2.45) is 11.5 Å². The molecule has 1 atom stereocenters. The molecule has 0 saturated heterocycles. The van der Waals surface area contributed by atoms with Crippen molar-refractivity contribution in [2.45, 2.75) is 25.4 Å². The van der Waals surface area contributed by atoms with Gasteiger partial charge < -0.3 is 16.2 Å². The van der Waals surface area contributed by atoms with Gasteiger partial charge in [0, 0.05) is 11.3 Å². The molecule has 24 heavy (non-hydrogen) atoms. The maximum absolute atomic E-state index is 11.5. The van der Waals surface area contributed by atoms with Crippen molar-refractivity contribution in [3.8, 4) is 16.2 Å². The molecule has 0 spiro atoms. The SMILES string of the molecule is NC(=O)Nc1sc(-c2ccc(OC3[CH]CCC3)cc2)cc1C(N)=O. The van der Waals surface area contributed by atoms with Crippen LogP contribution in [0.15, 0.2) is 30.3 Å². The molecule has 1 saturated carbocycles. The van der Waals surface area contributed by atoms with Crippen molar-refractivity contribution < 1.29 is 14.3 Å². The lowest BCUT2D eigenvalue weighted by atomic mass is 10.1. The first-order chi connectivity index (χ1) is 11.5. The number of urea groups is 1. The minimum absolute atomic E-state index is 0.186. The van der Waals surface area contributed by atoms with E-state index in [1.54, 1.807) is 6.07 Å². The summed E-state index contributed by atoms with van der Waals surface area (Å²) >= 11 is 1.25. The number of nitrogens with one attached hydrogen (secondary N) is 1. The molecule has 5 N–H and O–H groups in total. The molecule has 1 unspecified atom stereocenters. The van der Waals surface area contributed by atoms with Gasteiger partial charge in [-0.15, -0.1) is 11.3 Å². The highest BCUT2D eigenvalue weighted by molar-refractivity contribution is 7.20. The lowest BCUT2D eigenvalue weighted by molar-refractivity contribution is 0.100. The number of thiophene rings is 1. The molecule has 3 rings (SSSR count). The van der Waals surface area contributed by atoms with Gasteiger partial charge in [-0.1, -0.05) is 0 Å². The van der Waals surface area contributed by atoms with Crippen molar-refractivity contribution in [1.82, 2.24) is 0 Å². The van der Waals surface area contributed by atoms with Gasteiger partial charge in [-0.2, -0.15) is 0 Å². The van der Waals surface area contributed by atoms with E-state index in [-0.39, 0.29) is 11.7 Å². The fraction of sp³-hybridized carbons (Fsp3) is 0.235. The molecule has 1 aliphatic rings. The minimum Gasteiger partial charge on any atom is -0.490 e. The summed E-state index contributed by atoms with van der Waals surface area (Å²) in [7, 11) is 0. The van der Waals surface area contributed by atoms with E-state index < -0.39 is 11.9 Å². The molecule has 1 fully saturated rings. The van der Waals surface area contributed by atoms with Crippen molar-refractivity contribution in [2.75, 3.05) is 5.32 Å².